The molecular weight excluding hydrogens is 154 g/mol. The Balaban J connectivity index is 3.07. The number of aromatic amines is 1. The standard InChI is InChI=1S/C8H9N3O/c1-5-7-6(10-11(5)2)3-4-9-8(7)12/h3-4H,1-2H3,(H,9,12). The van der Waals surface area contributed by atoms with E-state index in [9.17, 15) is 4.79 Å². The Labute approximate surface area is 68.8 Å². The van der Waals surface area contributed by atoms with Crippen molar-refractivity contribution in [3.8, 4) is 0 Å². The normalized spacial score (nSPS) is 10.8. The molecule has 0 atom stereocenters. The van der Waals surface area contributed by atoms with Gasteiger partial charge in [-0.05, 0) is 13.0 Å². The van der Waals surface area contributed by atoms with Crippen LogP contribution in [0.25, 0.3) is 10.9 Å². The molecule has 0 radical (unpaired) electrons. The van der Waals surface area contributed by atoms with E-state index in [2.05, 4.69) is 10.1 Å². The van der Waals surface area contributed by atoms with E-state index in [1.54, 1.807) is 16.9 Å². The summed E-state index contributed by atoms with van der Waals surface area (Å²) in [6.45, 7) is 1.88. The molecule has 0 saturated carbocycles. The molecule has 0 aliphatic carbocycles. The summed E-state index contributed by atoms with van der Waals surface area (Å²) in [7, 11) is 1.83. The minimum absolute atomic E-state index is 0.0712. The molecule has 4 heteroatoms. The lowest BCUT2D eigenvalue weighted by Crippen LogP contribution is -2.04. The van der Waals surface area contributed by atoms with E-state index in [1.165, 1.54) is 0 Å². The van der Waals surface area contributed by atoms with Gasteiger partial charge < -0.3 is 4.98 Å². The molecule has 2 aromatic rings. The zero-order valence-corrected chi connectivity index (χ0v) is 6.96. The van der Waals surface area contributed by atoms with E-state index in [1.807, 2.05) is 14.0 Å². The van der Waals surface area contributed by atoms with Gasteiger partial charge >= 0.3 is 0 Å². The third kappa shape index (κ3) is 0.777. The quantitative estimate of drug-likeness (QED) is 0.617. The highest BCUT2D eigenvalue weighted by Crippen LogP contribution is 2.10. The van der Waals surface area contributed by atoms with Gasteiger partial charge in [-0.15, -0.1) is 0 Å². The summed E-state index contributed by atoms with van der Waals surface area (Å²) in [6.07, 6.45) is 1.61. The maximum atomic E-state index is 11.3. The highest BCUT2D eigenvalue weighted by molar-refractivity contribution is 5.79. The van der Waals surface area contributed by atoms with Gasteiger partial charge in [-0.3, -0.25) is 9.48 Å². The van der Waals surface area contributed by atoms with E-state index >= 15 is 0 Å². The first-order valence-corrected chi connectivity index (χ1v) is 3.71. The predicted octanol–water partition coefficient (Wildman–Crippen LogP) is 0.570. The van der Waals surface area contributed by atoms with Crippen molar-refractivity contribution in [2.24, 2.45) is 7.05 Å². The van der Waals surface area contributed by atoms with Crippen LogP contribution in [0.1, 0.15) is 5.69 Å². The van der Waals surface area contributed by atoms with Crippen LogP contribution >= 0.6 is 0 Å². The van der Waals surface area contributed by atoms with Gasteiger partial charge in [0.2, 0.25) is 0 Å². The van der Waals surface area contributed by atoms with Gasteiger partial charge in [0.15, 0.2) is 0 Å². The minimum Gasteiger partial charge on any atom is -0.328 e. The molecule has 4 nitrogen and oxygen atoms in total. The third-order valence-corrected chi connectivity index (χ3v) is 2.04. The number of fused-ring (bicyclic) bond motifs is 1. The Morgan fingerprint density at radius 3 is 3.00 bits per heavy atom. The van der Waals surface area contributed by atoms with E-state index in [0.717, 1.165) is 11.2 Å². The second kappa shape index (κ2) is 2.20. The third-order valence-electron chi connectivity index (χ3n) is 2.04. The largest absolute Gasteiger partial charge is 0.328 e. The van der Waals surface area contributed by atoms with Gasteiger partial charge in [-0.25, -0.2) is 0 Å². The summed E-state index contributed by atoms with van der Waals surface area (Å²) < 4.78 is 1.71. The Morgan fingerprint density at radius 2 is 2.33 bits per heavy atom. The fourth-order valence-corrected chi connectivity index (χ4v) is 1.30. The van der Waals surface area contributed by atoms with Crippen LogP contribution in [0, 0.1) is 6.92 Å². The summed E-state index contributed by atoms with van der Waals surface area (Å²) in [5.74, 6) is 0. The second-order valence-corrected chi connectivity index (χ2v) is 2.78. The molecule has 0 unspecified atom stereocenters. The van der Waals surface area contributed by atoms with Gasteiger partial charge in [0.05, 0.1) is 10.9 Å². The Bertz CT molecular complexity index is 480. The highest BCUT2D eigenvalue weighted by Gasteiger charge is 2.06. The smallest absolute Gasteiger partial charge is 0.259 e. The number of nitrogens with zero attached hydrogens (tertiary/aromatic N) is 2. The van der Waals surface area contributed by atoms with Crippen molar-refractivity contribution in [3.63, 3.8) is 0 Å². The number of aryl methyl sites for hydroxylation is 2. The predicted molar refractivity (Wildman–Crippen MR) is 46.1 cm³/mol. The SMILES string of the molecule is Cc1c2c(=O)[nH]ccc2nn1C. The lowest BCUT2D eigenvalue weighted by atomic mass is 10.3. The average Bonchev–Trinajstić information content (AvgIpc) is 2.29. The van der Waals surface area contributed by atoms with E-state index in [4.69, 9.17) is 0 Å². The summed E-state index contributed by atoms with van der Waals surface area (Å²) >= 11 is 0. The monoisotopic (exact) mass is 163 g/mol. The Morgan fingerprint density at radius 1 is 1.58 bits per heavy atom. The van der Waals surface area contributed by atoms with E-state index in [-0.39, 0.29) is 5.56 Å². The molecule has 0 aromatic carbocycles. The number of rotatable bonds is 0. The van der Waals surface area contributed by atoms with Crippen molar-refractivity contribution in [1.29, 1.82) is 0 Å². The maximum Gasteiger partial charge on any atom is 0.259 e. The molecule has 0 fully saturated rings. The van der Waals surface area contributed by atoms with Crippen molar-refractivity contribution in [3.05, 3.63) is 28.3 Å². The average molecular weight is 163 g/mol. The van der Waals surface area contributed by atoms with Crippen molar-refractivity contribution in [2.75, 3.05) is 0 Å². The van der Waals surface area contributed by atoms with Crippen LogP contribution in [-0.4, -0.2) is 14.8 Å². The highest BCUT2D eigenvalue weighted by atomic mass is 16.1. The summed E-state index contributed by atoms with van der Waals surface area (Å²) in [4.78, 5) is 13.9. The van der Waals surface area contributed by atoms with Crippen molar-refractivity contribution >= 4 is 10.9 Å². The molecule has 12 heavy (non-hydrogen) atoms. The first kappa shape index (κ1) is 7.09. The zero-order valence-electron chi connectivity index (χ0n) is 6.96. The van der Waals surface area contributed by atoms with Crippen molar-refractivity contribution < 1.29 is 0 Å². The van der Waals surface area contributed by atoms with Crippen LogP contribution in [0.15, 0.2) is 17.1 Å². The summed E-state index contributed by atoms with van der Waals surface area (Å²) in [6, 6.07) is 1.80. The number of H-pyrrole nitrogens is 1. The first-order valence-electron chi connectivity index (χ1n) is 3.71. The van der Waals surface area contributed by atoms with Crippen LogP contribution in [0.5, 0.6) is 0 Å². The Hall–Kier alpha value is -1.58. The number of hydrogen-bond donors (Lipinski definition) is 1. The van der Waals surface area contributed by atoms with Crippen molar-refractivity contribution in [2.45, 2.75) is 6.92 Å². The van der Waals surface area contributed by atoms with Crippen molar-refractivity contribution in [1.82, 2.24) is 14.8 Å². The number of pyridine rings is 1. The summed E-state index contributed by atoms with van der Waals surface area (Å²) in [5, 5.41) is 4.85. The lowest BCUT2D eigenvalue weighted by molar-refractivity contribution is 0.751. The van der Waals surface area contributed by atoms with Gasteiger partial charge in [-0.2, -0.15) is 5.10 Å². The van der Waals surface area contributed by atoms with Gasteiger partial charge in [0.1, 0.15) is 0 Å². The number of aromatic nitrogens is 3. The molecule has 62 valence electrons. The fourth-order valence-electron chi connectivity index (χ4n) is 1.30. The van der Waals surface area contributed by atoms with Crippen LogP contribution in [-0.2, 0) is 7.05 Å². The zero-order chi connectivity index (χ0) is 8.72. The summed E-state index contributed by atoms with van der Waals surface area (Å²) in [5.41, 5.74) is 1.57. The van der Waals surface area contributed by atoms with Crippen LogP contribution in [0.4, 0.5) is 0 Å². The molecule has 2 aromatic heterocycles. The van der Waals surface area contributed by atoms with Gasteiger partial charge in [-0.1, -0.05) is 0 Å². The molecule has 0 aliphatic rings. The molecule has 0 saturated heterocycles. The second-order valence-electron chi connectivity index (χ2n) is 2.78. The fraction of sp³-hybridized carbons (Fsp3) is 0.250. The lowest BCUT2D eigenvalue weighted by Gasteiger charge is -1.89. The van der Waals surface area contributed by atoms with Crippen LogP contribution in [0.3, 0.4) is 0 Å². The molecule has 0 spiro atoms. The van der Waals surface area contributed by atoms with Gasteiger partial charge in [0, 0.05) is 18.9 Å². The first-order chi connectivity index (χ1) is 5.70. The molecule has 0 bridgehead atoms. The molecular formula is C8H9N3O. The Kier molecular flexibility index (Phi) is 1.30. The van der Waals surface area contributed by atoms with E-state index < -0.39 is 0 Å². The topological polar surface area (TPSA) is 50.7 Å². The molecule has 2 rings (SSSR count). The van der Waals surface area contributed by atoms with Gasteiger partial charge in [0.25, 0.3) is 5.56 Å². The van der Waals surface area contributed by atoms with E-state index in [0.29, 0.717) is 5.39 Å². The number of hydrogen-bond acceptors (Lipinski definition) is 2. The molecule has 0 aliphatic heterocycles. The molecule has 2 heterocycles. The number of nitrogens with one attached hydrogen (secondary N) is 1. The van der Waals surface area contributed by atoms with Crippen LogP contribution in [0.2, 0.25) is 0 Å². The van der Waals surface area contributed by atoms with Crippen LogP contribution < -0.4 is 5.56 Å². The maximum absolute atomic E-state index is 11.3. The molecule has 0 amide bonds. The molecule has 1 N–H and O–H groups in total. The minimum atomic E-state index is -0.0712.